The number of ether oxygens (including phenoxy) is 2. The van der Waals surface area contributed by atoms with Crippen molar-refractivity contribution in [2.75, 3.05) is 37.7 Å². The molecule has 1 saturated carbocycles. The minimum Gasteiger partial charge on any atom is -0.474 e. The number of piperazine rings is 1. The molecule has 1 amide bonds. The van der Waals surface area contributed by atoms with Gasteiger partial charge in [-0.1, -0.05) is 13.8 Å². The van der Waals surface area contributed by atoms with Gasteiger partial charge in [-0.2, -0.15) is 0 Å². The highest BCUT2D eigenvalue weighted by Crippen LogP contribution is 2.28. The number of anilines is 1. The standard InChI is InChI=1S/C20H31N3O3/c1-3-14-25-20(24)23-12-10-22(11-13-23)17-8-9-21-19(15-17)26-18-6-4-16(2)5-7-18/h8-9,15-16,18H,3-7,10-14H2,1-2H3. The average Bonchev–Trinajstić information content (AvgIpc) is 2.68. The highest BCUT2D eigenvalue weighted by atomic mass is 16.6. The van der Waals surface area contributed by atoms with E-state index in [4.69, 9.17) is 9.47 Å². The van der Waals surface area contributed by atoms with Crippen LogP contribution < -0.4 is 9.64 Å². The number of pyridine rings is 1. The van der Waals surface area contributed by atoms with Gasteiger partial charge in [0.1, 0.15) is 6.10 Å². The van der Waals surface area contributed by atoms with E-state index < -0.39 is 0 Å². The molecule has 2 fully saturated rings. The Morgan fingerprint density at radius 3 is 2.62 bits per heavy atom. The zero-order valence-electron chi connectivity index (χ0n) is 16.0. The molecule has 0 aromatic carbocycles. The van der Waals surface area contributed by atoms with Crippen molar-refractivity contribution in [2.24, 2.45) is 5.92 Å². The third kappa shape index (κ3) is 5.02. The van der Waals surface area contributed by atoms with Crippen LogP contribution in [0.15, 0.2) is 18.3 Å². The molecule has 1 aromatic rings. The van der Waals surface area contributed by atoms with E-state index in [1.54, 1.807) is 4.90 Å². The highest BCUT2D eigenvalue weighted by molar-refractivity contribution is 5.68. The number of aromatic nitrogens is 1. The maximum Gasteiger partial charge on any atom is 0.409 e. The number of rotatable bonds is 5. The van der Waals surface area contributed by atoms with Gasteiger partial charge in [-0.05, 0) is 44.1 Å². The Morgan fingerprint density at radius 1 is 1.19 bits per heavy atom. The molecule has 0 spiro atoms. The molecule has 1 saturated heterocycles. The molecule has 0 radical (unpaired) electrons. The SMILES string of the molecule is CCCOC(=O)N1CCN(c2ccnc(OC3CCC(C)CC3)c2)CC1. The van der Waals surface area contributed by atoms with Crippen LogP contribution in [0.1, 0.15) is 46.0 Å². The molecule has 6 heteroatoms. The van der Waals surface area contributed by atoms with Gasteiger partial charge >= 0.3 is 6.09 Å². The van der Waals surface area contributed by atoms with E-state index >= 15 is 0 Å². The normalized spacial score (nSPS) is 23.6. The van der Waals surface area contributed by atoms with E-state index in [1.165, 1.54) is 12.8 Å². The summed E-state index contributed by atoms with van der Waals surface area (Å²) in [4.78, 5) is 20.4. The van der Waals surface area contributed by atoms with Crippen LogP contribution in [0.4, 0.5) is 10.5 Å². The lowest BCUT2D eigenvalue weighted by Gasteiger charge is -2.35. The van der Waals surface area contributed by atoms with Gasteiger partial charge < -0.3 is 19.3 Å². The summed E-state index contributed by atoms with van der Waals surface area (Å²) in [6.45, 7) is 7.76. The zero-order chi connectivity index (χ0) is 18.4. The molecule has 1 aromatic heterocycles. The van der Waals surface area contributed by atoms with Crippen molar-refractivity contribution < 1.29 is 14.3 Å². The summed E-state index contributed by atoms with van der Waals surface area (Å²) in [5, 5.41) is 0. The van der Waals surface area contributed by atoms with Gasteiger partial charge in [0.05, 0.1) is 6.61 Å². The number of carbonyl (C=O) groups excluding carboxylic acids is 1. The molecular weight excluding hydrogens is 330 g/mol. The summed E-state index contributed by atoms with van der Waals surface area (Å²) >= 11 is 0. The predicted molar refractivity (Wildman–Crippen MR) is 102 cm³/mol. The Bertz CT molecular complexity index is 579. The van der Waals surface area contributed by atoms with Crippen molar-refractivity contribution in [2.45, 2.75) is 52.1 Å². The first-order valence-electron chi connectivity index (χ1n) is 9.95. The van der Waals surface area contributed by atoms with Gasteiger partial charge in [-0.3, -0.25) is 0 Å². The first kappa shape index (κ1) is 18.8. The third-order valence-electron chi connectivity index (χ3n) is 5.30. The van der Waals surface area contributed by atoms with Crippen LogP contribution in [-0.2, 0) is 4.74 Å². The summed E-state index contributed by atoms with van der Waals surface area (Å²) in [6.07, 6.45) is 7.47. The minimum atomic E-state index is -0.197. The molecule has 0 N–H and O–H groups in total. The number of carbonyl (C=O) groups is 1. The van der Waals surface area contributed by atoms with Crippen LogP contribution in [0.2, 0.25) is 0 Å². The van der Waals surface area contributed by atoms with E-state index in [2.05, 4.69) is 16.8 Å². The van der Waals surface area contributed by atoms with Gasteiger partial charge in [0.25, 0.3) is 0 Å². The van der Waals surface area contributed by atoms with E-state index in [0.29, 0.717) is 31.7 Å². The highest BCUT2D eigenvalue weighted by Gasteiger charge is 2.23. The zero-order valence-corrected chi connectivity index (χ0v) is 16.0. The topological polar surface area (TPSA) is 54.9 Å². The Labute approximate surface area is 156 Å². The van der Waals surface area contributed by atoms with Crippen molar-refractivity contribution in [3.8, 4) is 5.88 Å². The minimum absolute atomic E-state index is 0.197. The van der Waals surface area contributed by atoms with E-state index in [9.17, 15) is 4.79 Å². The van der Waals surface area contributed by atoms with Crippen LogP contribution in [0.25, 0.3) is 0 Å². The van der Waals surface area contributed by atoms with E-state index in [0.717, 1.165) is 44.0 Å². The first-order chi connectivity index (χ1) is 12.7. The molecule has 1 aliphatic heterocycles. The maximum absolute atomic E-state index is 12.0. The number of hydrogen-bond donors (Lipinski definition) is 0. The summed E-state index contributed by atoms with van der Waals surface area (Å²) in [5.74, 6) is 1.53. The summed E-state index contributed by atoms with van der Waals surface area (Å²) in [7, 11) is 0. The van der Waals surface area contributed by atoms with Gasteiger partial charge in [0.15, 0.2) is 0 Å². The fourth-order valence-corrected chi connectivity index (χ4v) is 3.61. The molecular formula is C20H31N3O3. The molecule has 0 unspecified atom stereocenters. The molecule has 6 nitrogen and oxygen atoms in total. The molecule has 144 valence electrons. The van der Waals surface area contributed by atoms with Crippen molar-refractivity contribution in [3.05, 3.63) is 18.3 Å². The second-order valence-electron chi connectivity index (χ2n) is 7.44. The Balaban J connectivity index is 1.51. The number of hydrogen-bond acceptors (Lipinski definition) is 5. The van der Waals surface area contributed by atoms with Crippen LogP contribution in [0.3, 0.4) is 0 Å². The largest absolute Gasteiger partial charge is 0.474 e. The summed E-state index contributed by atoms with van der Waals surface area (Å²) < 4.78 is 11.3. The molecule has 2 aliphatic rings. The smallest absolute Gasteiger partial charge is 0.409 e. The second-order valence-corrected chi connectivity index (χ2v) is 7.44. The Hall–Kier alpha value is -1.98. The average molecular weight is 361 g/mol. The molecule has 0 bridgehead atoms. The summed E-state index contributed by atoms with van der Waals surface area (Å²) in [6, 6.07) is 4.05. The first-order valence-corrected chi connectivity index (χ1v) is 9.95. The molecule has 2 heterocycles. The lowest BCUT2D eigenvalue weighted by molar-refractivity contribution is 0.100. The predicted octanol–water partition coefficient (Wildman–Crippen LogP) is 3.71. The van der Waals surface area contributed by atoms with Crippen molar-refractivity contribution >= 4 is 11.8 Å². The van der Waals surface area contributed by atoms with E-state index in [1.807, 2.05) is 25.3 Å². The quantitative estimate of drug-likeness (QED) is 0.800. The Kier molecular flexibility index (Phi) is 6.58. The monoisotopic (exact) mass is 361 g/mol. The van der Waals surface area contributed by atoms with Gasteiger partial charge in [-0.25, -0.2) is 9.78 Å². The molecule has 3 rings (SSSR count). The van der Waals surface area contributed by atoms with Crippen LogP contribution >= 0.6 is 0 Å². The van der Waals surface area contributed by atoms with Gasteiger partial charge in [0, 0.05) is 44.1 Å². The van der Waals surface area contributed by atoms with Crippen molar-refractivity contribution in [1.82, 2.24) is 9.88 Å². The van der Waals surface area contributed by atoms with Crippen molar-refractivity contribution in [3.63, 3.8) is 0 Å². The summed E-state index contributed by atoms with van der Waals surface area (Å²) in [5.41, 5.74) is 1.11. The fourth-order valence-electron chi connectivity index (χ4n) is 3.61. The number of nitrogens with zero attached hydrogens (tertiary/aromatic N) is 3. The fraction of sp³-hybridized carbons (Fsp3) is 0.700. The second kappa shape index (κ2) is 9.10. The molecule has 1 aliphatic carbocycles. The van der Waals surface area contributed by atoms with Gasteiger partial charge in [0.2, 0.25) is 5.88 Å². The number of amides is 1. The maximum atomic E-state index is 12.0. The molecule has 0 atom stereocenters. The Morgan fingerprint density at radius 2 is 1.92 bits per heavy atom. The van der Waals surface area contributed by atoms with Gasteiger partial charge in [-0.15, -0.1) is 0 Å². The van der Waals surface area contributed by atoms with Crippen LogP contribution in [0.5, 0.6) is 5.88 Å². The van der Waals surface area contributed by atoms with E-state index in [-0.39, 0.29) is 6.09 Å². The van der Waals surface area contributed by atoms with Crippen molar-refractivity contribution in [1.29, 1.82) is 0 Å². The van der Waals surface area contributed by atoms with Crippen LogP contribution in [-0.4, -0.2) is 54.9 Å². The third-order valence-corrected chi connectivity index (χ3v) is 5.30. The lowest BCUT2D eigenvalue weighted by atomic mass is 9.89. The lowest BCUT2D eigenvalue weighted by Crippen LogP contribution is -2.49. The molecule has 26 heavy (non-hydrogen) atoms. The van der Waals surface area contributed by atoms with Crippen LogP contribution in [0, 0.1) is 5.92 Å².